The highest BCUT2D eigenvalue weighted by Gasteiger charge is 2.01. The molecule has 1 atom stereocenters. The molecule has 0 spiro atoms. The Hall–Kier alpha value is -1.10. The van der Waals surface area contributed by atoms with E-state index in [1.54, 1.807) is 6.92 Å². The lowest BCUT2D eigenvalue weighted by Crippen LogP contribution is -2.31. The molecule has 0 heterocycles. The second-order valence-corrected chi connectivity index (χ2v) is 4.27. The van der Waals surface area contributed by atoms with Crippen molar-refractivity contribution >= 4 is 0 Å². The highest BCUT2D eigenvalue weighted by molar-refractivity contribution is 5.33. The average Bonchev–Trinajstić information content (AvgIpc) is 2.35. The lowest BCUT2D eigenvalue weighted by molar-refractivity contribution is 0.191. The summed E-state index contributed by atoms with van der Waals surface area (Å²) in [6.07, 6.45) is -0.288. The van der Waals surface area contributed by atoms with Crippen LogP contribution in [-0.4, -0.2) is 37.5 Å². The fourth-order valence-corrected chi connectivity index (χ4v) is 1.66. The van der Waals surface area contributed by atoms with Crippen LogP contribution in [0.2, 0.25) is 0 Å². The van der Waals surface area contributed by atoms with E-state index in [1.807, 2.05) is 25.1 Å². The number of rotatable bonds is 9. The quantitative estimate of drug-likeness (QED) is 0.577. The van der Waals surface area contributed by atoms with Crippen molar-refractivity contribution in [3.8, 4) is 5.75 Å². The molecular formula is C14H24N2O2. The first-order valence-electron chi connectivity index (χ1n) is 6.54. The van der Waals surface area contributed by atoms with E-state index in [4.69, 9.17) is 9.84 Å². The Morgan fingerprint density at radius 2 is 1.94 bits per heavy atom. The molecule has 0 aliphatic rings. The maximum absolute atomic E-state index is 9.08. The molecule has 4 heteroatoms. The molecule has 0 aromatic heterocycles. The van der Waals surface area contributed by atoms with Gasteiger partial charge in [0, 0.05) is 31.7 Å². The highest BCUT2D eigenvalue weighted by Crippen LogP contribution is 2.17. The third-order valence-corrected chi connectivity index (χ3v) is 2.51. The summed E-state index contributed by atoms with van der Waals surface area (Å²) < 4.78 is 5.56. The molecule has 0 bridgehead atoms. The summed E-state index contributed by atoms with van der Waals surface area (Å²) in [6, 6.07) is 8.07. The fraction of sp³-hybridized carbons (Fsp3) is 0.571. The summed E-state index contributed by atoms with van der Waals surface area (Å²) in [5, 5.41) is 15.6. The smallest absolute Gasteiger partial charge is 0.123 e. The summed E-state index contributed by atoms with van der Waals surface area (Å²) >= 11 is 0. The summed E-state index contributed by atoms with van der Waals surface area (Å²) in [6.45, 7) is 7.61. The van der Waals surface area contributed by atoms with Crippen LogP contribution in [0.5, 0.6) is 5.75 Å². The summed E-state index contributed by atoms with van der Waals surface area (Å²) in [5.74, 6) is 0.949. The zero-order chi connectivity index (χ0) is 13.2. The van der Waals surface area contributed by atoms with Gasteiger partial charge in [-0.15, -0.1) is 0 Å². The van der Waals surface area contributed by atoms with Gasteiger partial charge in [0.2, 0.25) is 0 Å². The van der Waals surface area contributed by atoms with Gasteiger partial charge in [0.05, 0.1) is 12.7 Å². The summed E-state index contributed by atoms with van der Waals surface area (Å²) in [7, 11) is 0. The van der Waals surface area contributed by atoms with Crippen molar-refractivity contribution < 1.29 is 9.84 Å². The van der Waals surface area contributed by atoms with Crippen molar-refractivity contribution in [2.45, 2.75) is 26.5 Å². The lowest BCUT2D eigenvalue weighted by Gasteiger charge is -2.11. The van der Waals surface area contributed by atoms with Crippen molar-refractivity contribution in [3.05, 3.63) is 29.8 Å². The predicted molar refractivity (Wildman–Crippen MR) is 73.9 cm³/mol. The van der Waals surface area contributed by atoms with Gasteiger partial charge in [-0.2, -0.15) is 0 Å². The molecule has 3 N–H and O–H groups in total. The predicted octanol–water partition coefficient (Wildman–Crippen LogP) is 1.15. The van der Waals surface area contributed by atoms with Crippen LogP contribution in [0.3, 0.4) is 0 Å². The zero-order valence-electron chi connectivity index (χ0n) is 11.3. The Balaban J connectivity index is 2.22. The van der Waals surface area contributed by atoms with Gasteiger partial charge in [-0.25, -0.2) is 0 Å². The minimum Gasteiger partial charge on any atom is -0.494 e. The standard InChI is InChI=1S/C14H24N2O2/c1-3-18-14-7-5-4-6-13(14)11-16-9-8-15-10-12(2)17/h4-7,12,15-17H,3,8-11H2,1-2H3/t12-/m1/s1. The molecule has 0 saturated carbocycles. The van der Waals surface area contributed by atoms with Crippen molar-refractivity contribution in [2.75, 3.05) is 26.2 Å². The molecule has 0 aliphatic heterocycles. The molecule has 0 fully saturated rings. The zero-order valence-corrected chi connectivity index (χ0v) is 11.3. The SMILES string of the molecule is CCOc1ccccc1CNCCNC[C@@H](C)O. The molecule has 1 rings (SSSR count). The molecule has 102 valence electrons. The van der Waals surface area contributed by atoms with E-state index in [0.29, 0.717) is 13.2 Å². The Morgan fingerprint density at radius 1 is 1.22 bits per heavy atom. The largest absolute Gasteiger partial charge is 0.494 e. The number of benzene rings is 1. The van der Waals surface area contributed by atoms with Crippen LogP contribution in [0, 0.1) is 0 Å². The van der Waals surface area contributed by atoms with Gasteiger partial charge in [0.15, 0.2) is 0 Å². The van der Waals surface area contributed by atoms with Crippen LogP contribution in [0.25, 0.3) is 0 Å². The first-order valence-corrected chi connectivity index (χ1v) is 6.54. The van der Waals surface area contributed by atoms with E-state index in [2.05, 4.69) is 16.7 Å². The topological polar surface area (TPSA) is 53.5 Å². The Morgan fingerprint density at radius 3 is 2.67 bits per heavy atom. The monoisotopic (exact) mass is 252 g/mol. The van der Waals surface area contributed by atoms with Crippen LogP contribution in [-0.2, 0) is 6.54 Å². The van der Waals surface area contributed by atoms with Gasteiger partial charge < -0.3 is 20.5 Å². The summed E-state index contributed by atoms with van der Waals surface area (Å²) in [4.78, 5) is 0. The van der Waals surface area contributed by atoms with Crippen LogP contribution in [0.15, 0.2) is 24.3 Å². The van der Waals surface area contributed by atoms with Gasteiger partial charge in [0.1, 0.15) is 5.75 Å². The second kappa shape index (κ2) is 8.91. The Labute approximate surface area is 109 Å². The van der Waals surface area contributed by atoms with E-state index in [0.717, 1.165) is 25.4 Å². The fourth-order valence-electron chi connectivity index (χ4n) is 1.66. The molecule has 0 amide bonds. The number of ether oxygens (including phenoxy) is 1. The maximum atomic E-state index is 9.08. The van der Waals surface area contributed by atoms with Crippen molar-refractivity contribution in [1.29, 1.82) is 0 Å². The minimum atomic E-state index is -0.288. The van der Waals surface area contributed by atoms with E-state index < -0.39 is 0 Å². The lowest BCUT2D eigenvalue weighted by atomic mass is 10.2. The summed E-state index contributed by atoms with van der Waals surface area (Å²) in [5.41, 5.74) is 1.18. The molecule has 1 aromatic carbocycles. The number of nitrogens with one attached hydrogen (secondary N) is 2. The molecule has 0 saturated heterocycles. The number of aliphatic hydroxyl groups is 1. The molecule has 0 aliphatic carbocycles. The van der Waals surface area contributed by atoms with E-state index >= 15 is 0 Å². The van der Waals surface area contributed by atoms with Crippen LogP contribution in [0.1, 0.15) is 19.4 Å². The maximum Gasteiger partial charge on any atom is 0.123 e. The van der Waals surface area contributed by atoms with E-state index in [9.17, 15) is 0 Å². The molecule has 1 aromatic rings. The Bertz CT molecular complexity index is 329. The number of para-hydroxylation sites is 1. The molecule has 0 radical (unpaired) electrons. The number of aliphatic hydroxyl groups excluding tert-OH is 1. The Kier molecular flexibility index (Phi) is 7.41. The van der Waals surface area contributed by atoms with E-state index in [1.165, 1.54) is 5.56 Å². The van der Waals surface area contributed by atoms with Gasteiger partial charge in [-0.3, -0.25) is 0 Å². The van der Waals surface area contributed by atoms with E-state index in [-0.39, 0.29) is 6.10 Å². The molecular weight excluding hydrogens is 228 g/mol. The van der Waals surface area contributed by atoms with Gasteiger partial charge in [-0.05, 0) is 19.9 Å². The normalized spacial score (nSPS) is 12.4. The number of hydrogen-bond donors (Lipinski definition) is 3. The third kappa shape index (κ3) is 6.00. The first-order chi connectivity index (χ1) is 8.74. The average molecular weight is 252 g/mol. The van der Waals surface area contributed by atoms with Crippen molar-refractivity contribution in [3.63, 3.8) is 0 Å². The molecule has 18 heavy (non-hydrogen) atoms. The molecule has 4 nitrogen and oxygen atoms in total. The van der Waals surface area contributed by atoms with Crippen LogP contribution < -0.4 is 15.4 Å². The van der Waals surface area contributed by atoms with Gasteiger partial charge >= 0.3 is 0 Å². The number of hydrogen-bond acceptors (Lipinski definition) is 4. The van der Waals surface area contributed by atoms with Crippen LogP contribution in [0.4, 0.5) is 0 Å². The molecule has 0 unspecified atom stereocenters. The minimum absolute atomic E-state index is 0.288. The van der Waals surface area contributed by atoms with Gasteiger partial charge in [-0.1, -0.05) is 18.2 Å². The highest BCUT2D eigenvalue weighted by atomic mass is 16.5. The first kappa shape index (κ1) is 15.0. The van der Waals surface area contributed by atoms with Crippen molar-refractivity contribution in [1.82, 2.24) is 10.6 Å². The third-order valence-electron chi connectivity index (χ3n) is 2.51. The van der Waals surface area contributed by atoms with Gasteiger partial charge in [0.25, 0.3) is 0 Å². The van der Waals surface area contributed by atoms with Crippen molar-refractivity contribution in [2.24, 2.45) is 0 Å². The van der Waals surface area contributed by atoms with Crippen LogP contribution >= 0.6 is 0 Å². The second-order valence-electron chi connectivity index (χ2n) is 4.27.